The normalized spacial score (nSPS) is 11.5. The number of nitrogens with zero attached hydrogens (tertiary/aromatic N) is 1. The topological polar surface area (TPSA) is 23.8 Å². The van der Waals surface area contributed by atoms with E-state index in [0.717, 1.165) is 17.7 Å². The minimum Gasteiger partial charge on any atom is -0.192 e. The van der Waals surface area contributed by atoms with E-state index in [-0.39, 0.29) is 11.5 Å². The maximum Gasteiger partial charge on any atom is 0.416 e. The van der Waals surface area contributed by atoms with Gasteiger partial charge in [0.05, 0.1) is 17.2 Å². The highest BCUT2D eigenvalue weighted by Gasteiger charge is 2.31. The van der Waals surface area contributed by atoms with Crippen molar-refractivity contribution in [1.29, 1.82) is 5.26 Å². The van der Waals surface area contributed by atoms with Crippen LogP contribution < -0.4 is 0 Å². The third-order valence-corrected chi connectivity index (χ3v) is 3.28. The lowest BCUT2D eigenvalue weighted by molar-refractivity contribution is -0.137. The largest absolute Gasteiger partial charge is 0.416 e. The number of nitriles is 1. The molecule has 0 unspecified atom stereocenters. The summed E-state index contributed by atoms with van der Waals surface area (Å²) in [6, 6.07) is 12.6. The zero-order valence-electron chi connectivity index (χ0n) is 11.7. The van der Waals surface area contributed by atoms with Gasteiger partial charge in [-0.3, -0.25) is 0 Å². The van der Waals surface area contributed by atoms with Crippen molar-refractivity contribution < 1.29 is 13.2 Å². The van der Waals surface area contributed by atoms with E-state index < -0.39 is 11.7 Å². The Hall–Kier alpha value is -2.28. The van der Waals surface area contributed by atoms with Gasteiger partial charge in [-0.25, -0.2) is 0 Å². The first-order chi connectivity index (χ1) is 9.81. The molecule has 21 heavy (non-hydrogen) atoms. The van der Waals surface area contributed by atoms with E-state index in [0.29, 0.717) is 11.1 Å². The zero-order valence-corrected chi connectivity index (χ0v) is 11.7. The van der Waals surface area contributed by atoms with Gasteiger partial charge in [-0.15, -0.1) is 0 Å². The van der Waals surface area contributed by atoms with Gasteiger partial charge in [0.15, 0.2) is 0 Å². The van der Waals surface area contributed by atoms with Crippen LogP contribution in [0.5, 0.6) is 0 Å². The van der Waals surface area contributed by atoms with Crippen LogP contribution in [-0.4, -0.2) is 0 Å². The highest BCUT2D eigenvalue weighted by Crippen LogP contribution is 2.34. The SMILES string of the molecule is CC(C)c1cccc(-c2cc(C#N)cc(C(F)(F)F)c2)c1. The van der Waals surface area contributed by atoms with Gasteiger partial charge in [-0.2, -0.15) is 18.4 Å². The summed E-state index contributed by atoms with van der Waals surface area (Å²) in [6.45, 7) is 4.04. The lowest BCUT2D eigenvalue weighted by atomic mass is 9.95. The molecule has 0 saturated carbocycles. The summed E-state index contributed by atoms with van der Waals surface area (Å²) in [5.41, 5.74) is 1.34. The summed E-state index contributed by atoms with van der Waals surface area (Å²) in [6.07, 6.45) is -4.46. The molecular weight excluding hydrogens is 275 g/mol. The van der Waals surface area contributed by atoms with Crippen molar-refractivity contribution in [3.05, 3.63) is 59.2 Å². The molecule has 4 heteroatoms. The van der Waals surface area contributed by atoms with Crippen LogP contribution in [-0.2, 0) is 6.18 Å². The molecule has 2 aromatic carbocycles. The summed E-state index contributed by atoms with van der Waals surface area (Å²) in [7, 11) is 0. The zero-order chi connectivity index (χ0) is 15.6. The van der Waals surface area contributed by atoms with Crippen molar-refractivity contribution in [2.45, 2.75) is 25.9 Å². The highest BCUT2D eigenvalue weighted by molar-refractivity contribution is 5.67. The van der Waals surface area contributed by atoms with E-state index in [1.54, 1.807) is 12.1 Å². The van der Waals surface area contributed by atoms with Crippen molar-refractivity contribution in [1.82, 2.24) is 0 Å². The summed E-state index contributed by atoms with van der Waals surface area (Å²) >= 11 is 0. The van der Waals surface area contributed by atoms with Crippen molar-refractivity contribution in [2.24, 2.45) is 0 Å². The predicted molar refractivity (Wildman–Crippen MR) is 75.7 cm³/mol. The number of benzene rings is 2. The van der Waals surface area contributed by atoms with E-state index in [1.165, 1.54) is 6.07 Å². The van der Waals surface area contributed by atoms with Crippen LogP contribution in [0, 0.1) is 11.3 Å². The Morgan fingerprint density at radius 1 is 1.00 bits per heavy atom. The van der Waals surface area contributed by atoms with Gasteiger partial charge in [0.1, 0.15) is 0 Å². The van der Waals surface area contributed by atoms with E-state index in [1.807, 2.05) is 32.0 Å². The number of hydrogen-bond acceptors (Lipinski definition) is 1. The molecule has 1 nitrogen and oxygen atoms in total. The van der Waals surface area contributed by atoms with E-state index in [4.69, 9.17) is 5.26 Å². The molecule has 0 saturated heterocycles. The maximum absolute atomic E-state index is 12.9. The fraction of sp³-hybridized carbons (Fsp3) is 0.235. The molecule has 0 amide bonds. The Labute approximate surface area is 121 Å². The standard InChI is InChI=1S/C17H14F3N/c1-11(2)13-4-3-5-14(8-13)15-6-12(10-21)7-16(9-15)17(18,19)20/h3-9,11H,1-2H3. The molecule has 108 valence electrons. The molecule has 0 radical (unpaired) electrons. The molecule has 0 aromatic heterocycles. The van der Waals surface area contributed by atoms with Gasteiger partial charge in [-0.1, -0.05) is 38.1 Å². The second kappa shape index (κ2) is 5.61. The van der Waals surface area contributed by atoms with Gasteiger partial charge in [-0.05, 0) is 40.8 Å². The van der Waals surface area contributed by atoms with Crippen molar-refractivity contribution in [3.8, 4) is 17.2 Å². The van der Waals surface area contributed by atoms with Crippen LogP contribution in [0.4, 0.5) is 13.2 Å². The Kier molecular flexibility index (Phi) is 4.04. The van der Waals surface area contributed by atoms with Gasteiger partial charge in [0.25, 0.3) is 0 Å². The molecule has 2 rings (SSSR count). The molecule has 0 spiro atoms. The Morgan fingerprint density at radius 2 is 1.71 bits per heavy atom. The van der Waals surface area contributed by atoms with Crippen LogP contribution in [0.15, 0.2) is 42.5 Å². The number of rotatable bonds is 2. The van der Waals surface area contributed by atoms with E-state index in [9.17, 15) is 13.2 Å². The first-order valence-corrected chi connectivity index (χ1v) is 6.54. The minimum absolute atomic E-state index is 0.00905. The summed E-state index contributed by atoms with van der Waals surface area (Å²) in [5, 5.41) is 8.92. The Morgan fingerprint density at radius 3 is 2.29 bits per heavy atom. The van der Waals surface area contributed by atoms with Crippen LogP contribution in [0.2, 0.25) is 0 Å². The molecule has 0 fully saturated rings. The molecular formula is C17H14F3N. The second-order valence-corrected chi connectivity index (χ2v) is 5.19. The third kappa shape index (κ3) is 3.43. The third-order valence-electron chi connectivity index (χ3n) is 3.28. The fourth-order valence-corrected chi connectivity index (χ4v) is 2.10. The first-order valence-electron chi connectivity index (χ1n) is 6.54. The number of hydrogen-bond donors (Lipinski definition) is 0. The molecule has 0 bridgehead atoms. The Balaban J connectivity index is 2.59. The summed E-state index contributed by atoms with van der Waals surface area (Å²) in [5.74, 6) is 0.284. The summed E-state index contributed by atoms with van der Waals surface area (Å²) in [4.78, 5) is 0. The molecule has 2 aromatic rings. The van der Waals surface area contributed by atoms with Crippen LogP contribution in [0.3, 0.4) is 0 Å². The fourth-order valence-electron chi connectivity index (χ4n) is 2.10. The monoisotopic (exact) mass is 289 g/mol. The average molecular weight is 289 g/mol. The second-order valence-electron chi connectivity index (χ2n) is 5.19. The van der Waals surface area contributed by atoms with Crippen LogP contribution >= 0.6 is 0 Å². The molecule has 0 aliphatic heterocycles. The lowest BCUT2D eigenvalue weighted by Crippen LogP contribution is -2.05. The quantitative estimate of drug-likeness (QED) is 0.729. The van der Waals surface area contributed by atoms with Gasteiger partial charge < -0.3 is 0 Å². The predicted octanol–water partition coefficient (Wildman–Crippen LogP) is 5.37. The lowest BCUT2D eigenvalue weighted by Gasteiger charge is -2.12. The maximum atomic E-state index is 12.9. The minimum atomic E-state index is -4.46. The first kappa shape index (κ1) is 15.1. The smallest absolute Gasteiger partial charge is 0.192 e. The van der Waals surface area contributed by atoms with E-state index >= 15 is 0 Å². The molecule has 0 heterocycles. The van der Waals surface area contributed by atoms with Crippen molar-refractivity contribution in [2.75, 3.05) is 0 Å². The highest BCUT2D eigenvalue weighted by atomic mass is 19.4. The molecule has 0 aliphatic rings. The van der Waals surface area contributed by atoms with Crippen LogP contribution in [0.25, 0.3) is 11.1 Å². The molecule has 0 atom stereocenters. The van der Waals surface area contributed by atoms with Crippen molar-refractivity contribution in [3.63, 3.8) is 0 Å². The van der Waals surface area contributed by atoms with Gasteiger partial charge in [0.2, 0.25) is 0 Å². The van der Waals surface area contributed by atoms with Crippen LogP contribution in [0.1, 0.15) is 36.5 Å². The van der Waals surface area contributed by atoms with Crippen molar-refractivity contribution >= 4 is 0 Å². The number of halogens is 3. The summed E-state index contributed by atoms with van der Waals surface area (Å²) < 4.78 is 38.7. The molecule has 0 aliphatic carbocycles. The Bertz CT molecular complexity index is 694. The molecule has 0 N–H and O–H groups in total. The number of alkyl halides is 3. The van der Waals surface area contributed by atoms with Gasteiger partial charge >= 0.3 is 6.18 Å². The average Bonchev–Trinajstić information content (AvgIpc) is 2.46. The van der Waals surface area contributed by atoms with Gasteiger partial charge in [0, 0.05) is 0 Å². The van der Waals surface area contributed by atoms with E-state index in [2.05, 4.69) is 0 Å².